The molecule has 566 valence electrons. The standard InChI is InChI=1S/C29H36N4O4.C27H38FN3O5.C25H37N3O3.H2/c1-3-37-28(36)32-14-10-24(11-15-32)31-16-12-29(13-17-31)19-33(20(2)34)26-9-8-23(18-25(26)29)21-4-6-22(7-5-21)27(30)35;1-3-12-35-26(33)31-20-5-6-21(31)17-22(16-20)29-10-8-27(9-11-29)18-30(25(32)36-14-13-34-2)24-7-4-19(28)15-23(24)27;1-18(2)31-24(30)27-11-7-21(8-12-27)16-26-13-9-25(10-14-26)17-28(20(4)29)23-6-5-19(3)15-22(23)25;/h4-9,18,24H,3,10-17,19H2,1-2H3,(H2,30,35);4,7,15,20-22H,3,5-6,8-14,16-18H2,1-2H3;5-6,15,18,21H,7-14,16-17H2,1-4H3;1H. The van der Waals surface area contributed by atoms with Crippen molar-refractivity contribution in [3.63, 3.8) is 0 Å². The Bertz CT molecular complexity index is 3710. The molecule has 0 aromatic heterocycles. The summed E-state index contributed by atoms with van der Waals surface area (Å²) in [6.07, 6.45) is 13.9. The maximum absolute atomic E-state index is 14.3. The first-order valence-electron chi connectivity index (χ1n) is 38.5. The molecule has 2 atom stereocenters. The Balaban J connectivity index is 0.000000157. The van der Waals surface area contributed by atoms with Crippen molar-refractivity contribution >= 4 is 59.2 Å². The van der Waals surface area contributed by atoms with Gasteiger partial charge in [-0.2, -0.15) is 0 Å². The molecule has 7 saturated heterocycles. The molecule has 4 aromatic carbocycles. The third-order valence-electron chi connectivity index (χ3n) is 24.5. The Kier molecular flexibility index (Phi) is 24.0. The number of nitrogens with two attached hydrogens (primary N) is 1. The lowest BCUT2D eigenvalue weighted by molar-refractivity contribution is -0.117. The lowest BCUT2D eigenvalue weighted by Gasteiger charge is -2.47. The third kappa shape index (κ3) is 16.4. The van der Waals surface area contributed by atoms with Gasteiger partial charge in [0.05, 0.1) is 31.6 Å². The number of aryl methyl sites for hydroxylation is 1. The molecule has 2 unspecified atom stereocenters. The van der Waals surface area contributed by atoms with Gasteiger partial charge in [0.2, 0.25) is 17.7 Å². The molecule has 10 heterocycles. The number of piperidine rings is 6. The number of nitrogens with zero attached hydrogens (tertiary/aromatic N) is 9. The lowest BCUT2D eigenvalue weighted by atomic mass is 9.73. The van der Waals surface area contributed by atoms with Crippen molar-refractivity contribution in [1.29, 1.82) is 0 Å². The van der Waals surface area contributed by atoms with E-state index in [1.165, 1.54) is 22.8 Å². The second-order valence-electron chi connectivity index (χ2n) is 31.3. The van der Waals surface area contributed by atoms with E-state index < -0.39 is 12.0 Å². The van der Waals surface area contributed by atoms with E-state index in [1.807, 2.05) is 64.3 Å². The second kappa shape index (κ2) is 32.9. The van der Waals surface area contributed by atoms with Gasteiger partial charge in [0, 0.05) is 132 Å². The maximum atomic E-state index is 14.3. The fourth-order valence-corrected chi connectivity index (χ4v) is 18.8. The Morgan fingerprint density at radius 1 is 0.529 bits per heavy atom. The number of methoxy groups -OCH3 is 1. The highest BCUT2D eigenvalue weighted by Gasteiger charge is 2.52. The molecule has 10 aliphatic rings. The molecule has 22 nitrogen and oxygen atoms in total. The first-order chi connectivity index (χ1) is 50.0. The summed E-state index contributed by atoms with van der Waals surface area (Å²) < 4.78 is 40.7. The molecule has 4 aromatic rings. The van der Waals surface area contributed by atoms with Crippen LogP contribution < -0.4 is 20.4 Å². The SMILES string of the molecule is CC(=O)N1CC2(CCN(CC3CCN(C(=O)OC(C)C)CC3)CC2)c2cc(C)ccc21.CCCOC(=O)N1C2CCC1CC(N1CCC3(CC1)CN(C(=O)OCCOC)c1ccc(F)cc13)C2.CCOC(=O)N1CCC(N2CCC3(CC2)CN(C(C)=O)c2ccc(-c4ccc(C(N)=O)cc4)cc23)CC1.[HH]. The second-order valence-corrected chi connectivity index (χ2v) is 31.3. The van der Waals surface area contributed by atoms with E-state index in [-0.39, 0.29) is 78.4 Å². The van der Waals surface area contributed by atoms with Crippen LogP contribution in [0, 0.1) is 18.7 Å². The summed E-state index contributed by atoms with van der Waals surface area (Å²) in [6.45, 7) is 26.7. The molecule has 10 aliphatic heterocycles. The molecule has 23 heteroatoms. The highest BCUT2D eigenvalue weighted by molar-refractivity contribution is 5.97. The van der Waals surface area contributed by atoms with Crippen molar-refractivity contribution in [1.82, 2.24) is 29.4 Å². The number of carbonyl (C=O) groups is 7. The quantitative estimate of drug-likeness (QED) is 0.0971. The van der Waals surface area contributed by atoms with Crippen LogP contribution in [0.4, 0.5) is 40.6 Å². The zero-order valence-electron chi connectivity index (χ0n) is 62.7. The smallest absolute Gasteiger partial charge is 0.414 e. The van der Waals surface area contributed by atoms with Crippen molar-refractivity contribution < 1.29 is 63.1 Å². The molecule has 3 spiro atoms. The number of halogens is 1. The molecular weight excluding hydrogens is 1320 g/mol. The van der Waals surface area contributed by atoms with Crippen LogP contribution in [0.3, 0.4) is 0 Å². The number of likely N-dealkylation sites (tertiary alicyclic amines) is 5. The number of amides is 7. The average molecular weight is 1440 g/mol. The van der Waals surface area contributed by atoms with Crippen LogP contribution >= 0.6 is 0 Å². The molecule has 7 amide bonds. The number of rotatable bonds is 13. The molecule has 0 radical (unpaired) electrons. The monoisotopic (exact) mass is 1440 g/mol. The first-order valence-corrected chi connectivity index (χ1v) is 38.5. The summed E-state index contributed by atoms with van der Waals surface area (Å²) in [5.41, 5.74) is 15.5. The van der Waals surface area contributed by atoms with E-state index in [1.54, 1.807) is 50.1 Å². The Labute approximate surface area is 615 Å². The van der Waals surface area contributed by atoms with Crippen LogP contribution in [0.2, 0.25) is 0 Å². The molecule has 2 bridgehead atoms. The largest absolute Gasteiger partial charge is 0.450 e. The normalized spacial score (nSPS) is 22.7. The fraction of sp³-hybridized carbons (Fsp3) is 0.617. The minimum atomic E-state index is -0.435. The molecule has 14 rings (SSSR count). The average Bonchev–Trinajstić information content (AvgIpc) is 1.61. The van der Waals surface area contributed by atoms with Gasteiger partial charge in [-0.05, 0) is 246 Å². The Morgan fingerprint density at radius 2 is 1.03 bits per heavy atom. The van der Waals surface area contributed by atoms with E-state index in [4.69, 9.17) is 29.4 Å². The number of anilines is 3. The minimum absolute atomic E-state index is 0. The summed E-state index contributed by atoms with van der Waals surface area (Å²) in [7, 11) is 1.57. The molecular formula is C81H113FN10O12. The summed E-state index contributed by atoms with van der Waals surface area (Å²) in [5, 5.41) is 0. The molecule has 7 fully saturated rings. The third-order valence-corrected chi connectivity index (χ3v) is 24.5. The highest BCUT2D eigenvalue weighted by atomic mass is 19.1. The van der Waals surface area contributed by atoms with Gasteiger partial charge < -0.3 is 68.6 Å². The van der Waals surface area contributed by atoms with Crippen LogP contribution in [0.5, 0.6) is 0 Å². The van der Waals surface area contributed by atoms with Gasteiger partial charge in [0.15, 0.2) is 0 Å². The Hall–Kier alpha value is -7.86. The highest BCUT2D eigenvalue weighted by Crippen LogP contribution is 2.52. The number of benzene rings is 4. The van der Waals surface area contributed by atoms with Crippen molar-refractivity contribution in [3.8, 4) is 11.1 Å². The van der Waals surface area contributed by atoms with Crippen molar-refractivity contribution in [2.75, 3.05) is 140 Å². The molecule has 0 aliphatic carbocycles. The van der Waals surface area contributed by atoms with Gasteiger partial charge in [0.25, 0.3) is 0 Å². The van der Waals surface area contributed by atoms with Crippen molar-refractivity contribution in [2.24, 2.45) is 11.7 Å². The predicted octanol–water partition coefficient (Wildman–Crippen LogP) is 12.3. The van der Waals surface area contributed by atoms with Crippen LogP contribution in [0.15, 0.2) is 78.9 Å². The summed E-state index contributed by atoms with van der Waals surface area (Å²) >= 11 is 0. The number of carbonyl (C=O) groups excluding carboxylic acids is 7. The minimum Gasteiger partial charge on any atom is -0.450 e. The van der Waals surface area contributed by atoms with E-state index in [0.717, 1.165) is 215 Å². The fourth-order valence-electron chi connectivity index (χ4n) is 18.8. The van der Waals surface area contributed by atoms with Crippen LogP contribution in [-0.2, 0) is 49.5 Å². The maximum Gasteiger partial charge on any atom is 0.414 e. The van der Waals surface area contributed by atoms with E-state index in [9.17, 15) is 38.0 Å². The zero-order valence-corrected chi connectivity index (χ0v) is 62.7. The van der Waals surface area contributed by atoms with E-state index in [2.05, 4.69) is 58.0 Å². The summed E-state index contributed by atoms with van der Waals surface area (Å²) in [5.74, 6) is 0.153. The van der Waals surface area contributed by atoms with Gasteiger partial charge >= 0.3 is 24.4 Å². The first kappa shape index (κ1) is 75.8. The van der Waals surface area contributed by atoms with Gasteiger partial charge in [-0.3, -0.25) is 19.3 Å². The molecule has 104 heavy (non-hydrogen) atoms. The van der Waals surface area contributed by atoms with E-state index >= 15 is 0 Å². The van der Waals surface area contributed by atoms with E-state index in [0.29, 0.717) is 49.9 Å². The predicted molar refractivity (Wildman–Crippen MR) is 400 cm³/mol. The van der Waals surface area contributed by atoms with Crippen molar-refractivity contribution in [2.45, 2.75) is 191 Å². The number of hydrogen-bond acceptors (Lipinski definition) is 15. The summed E-state index contributed by atoms with van der Waals surface area (Å²) in [6, 6.07) is 26.4. The van der Waals surface area contributed by atoms with Gasteiger partial charge in [0.1, 0.15) is 12.4 Å². The lowest BCUT2D eigenvalue weighted by Crippen LogP contribution is -2.55. The number of ether oxygens (including phenoxy) is 5. The van der Waals surface area contributed by atoms with Gasteiger partial charge in [-0.1, -0.05) is 42.8 Å². The van der Waals surface area contributed by atoms with Crippen LogP contribution in [-0.4, -0.2) is 227 Å². The Morgan fingerprint density at radius 3 is 1.59 bits per heavy atom. The van der Waals surface area contributed by atoms with Gasteiger partial charge in [-0.15, -0.1) is 0 Å². The van der Waals surface area contributed by atoms with Crippen LogP contribution in [0.25, 0.3) is 11.1 Å². The molecule has 0 saturated carbocycles. The topological polar surface area (TPSA) is 221 Å². The zero-order chi connectivity index (χ0) is 73.6. The summed E-state index contributed by atoms with van der Waals surface area (Å²) in [4.78, 5) is 105. The number of fused-ring (bicyclic) bond motifs is 8. The molecule has 2 N–H and O–H groups in total. The van der Waals surface area contributed by atoms with Crippen LogP contribution in [0.1, 0.15) is 172 Å². The number of hydrogen-bond donors (Lipinski definition) is 1. The number of primary amides is 1. The van der Waals surface area contributed by atoms with Crippen molar-refractivity contribution in [3.05, 3.63) is 112 Å². The van der Waals surface area contributed by atoms with Gasteiger partial charge in [-0.25, -0.2) is 23.6 Å².